The van der Waals surface area contributed by atoms with Gasteiger partial charge in [-0.05, 0) is 35.9 Å². The number of nitrogens with zero attached hydrogens (tertiary/aromatic N) is 1. The highest BCUT2D eigenvalue weighted by Gasteiger charge is 2.19. The first-order valence-corrected chi connectivity index (χ1v) is 9.05. The minimum absolute atomic E-state index is 0.211. The number of anilines is 1. The number of halogens is 2. The standard InChI is InChI=1S/C19H14ClFN2O3S/c20-13-5-7-15(8-6-13)27-18-4-2-1-3-12(18)11-22-14-9-16(21)19(24)17(10-14)23(25)26/h1-10,22,24H,11H2. The van der Waals surface area contributed by atoms with Crippen molar-refractivity contribution in [2.45, 2.75) is 16.3 Å². The van der Waals surface area contributed by atoms with E-state index in [-0.39, 0.29) is 5.69 Å². The molecule has 0 aromatic heterocycles. The molecule has 0 atom stereocenters. The van der Waals surface area contributed by atoms with Crippen molar-refractivity contribution in [1.29, 1.82) is 0 Å². The van der Waals surface area contributed by atoms with E-state index in [0.717, 1.165) is 27.5 Å². The molecule has 0 aliphatic heterocycles. The van der Waals surface area contributed by atoms with Crippen LogP contribution in [-0.4, -0.2) is 10.0 Å². The molecule has 3 aromatic carbocycles. The highest BCUT2D eigenvalue weighted by molar-refractivity contribution is 7.99. The van der Waals surface area contributed by atoms with Gasteiger partial charge in [-0.2, -0.15) is 0 Å². The van der Waals surface area contributed by atoms with Crippen molar-refractivity contribution in [2.75, 3.05) is 5.32 Å². The van der Waals surface area contributed by atoms with Crippen LogP contribution >= 0.6 is 23.4 Å². The lowest BCUT2D eigenvalue weighted by molar-refractivity contribution is -0.386. The monoisotopic (exact) mass is 404 g/mol. The number of benzene rings is 3. The van der Waals surface area contributed by atoms with Gasteiger partial charge in [-0.25, -0.2) is 4.39 Å². The first-order valence-electron chi connectivity index (χ1n) is 7.86. The van der Waals surface area contributed by atoms with Crippen molar-refractivity contribution >= 4 is 34.7 Å². The summed E-state index contributed by atoms with van der Waals surface area (Å²) in [5, 5.41) is 24.0. The van der Waals surface area contributed by atoms with Gasteiger partial charge in [-0.1, -0.05) is 41.6 Å². The van der Waals surface area contributed by atoms with Crippen LogP contribution in [0.1, 0.15) is 5.56 Å². The summed E-state index contributed by atoms with van der Waals surface area (Å²) in [5.41, 5.74) is 0.471. The average Bonchev–Trinajstić information content (AvgIpc) is 2.65. The Morgan fingerprint density at radius 1 is 1.15 bits per heavy atom. The number of phenols is 1. The number of rotatable bonds is 6. The molecule has 0 aliphatic rings. The number of nitro groups is 1. The van der Waals surface area contributed by atoms with Gasteiger partial charge in [0.15, 0.2) is 5.82 Å². The number of nitrogens with one attached hydrogen (secondary N) is 1. The van der Waals surface area contributed by atoms with Crippen LogP contribution in [-0.2, 0) is 6.54 Å². The Balaban J connectivity index is 1.79. The summed E-state index contributed by atoms with van der Waals surface area (Å²) in [4.78, 5) is 12.1. The topological polar surface area (TPSA) is 75.4 Å². The molecule has 0 radical (unpaired) electrons. The highest BCUT2D eigenvalue weighted by Crippen LogP contribution is 2.34. The first kappa shape index (κ1) is 19.0. The number of hydrogen-bond acceptors (Lipinski definition) is 5. The molecule has 138 valence electrons. The summed E-state index contributed by atoms with van der Waals surface area (Å²) in [5.74, 6) is -2.01. The van der Waals surface area contributed by atoms with Gasteiger partial charge in [-0.3, -0.25) is 10.1 Å². The Hall–Kier alpha value is -2.77. The molecule has 27 heavy (non-hydrogen) atoms. The minimum atomic E-state index is -1.05. The number of phenolic OH excluding ortho intramolecular Hbond substituents is 1. The van der Waals surface area contributed by atoms with E-state index < -0.39 is 22.2 Å². The molecule has 0 heterocycles. The van der Waals surface area contributed by atoms with Gasteiger partial charge in [0.05, 0.1) is 4.92 Å². The predicted octanol–water partition coefficient (Wildman–Crippen LogP) is 5.86. The van der Waals surface area contributed by atoms with Crippen LogP contribution in [0.15, 0.2) is 70.5 Å². The number of hydrogen-bond donors (Lipinski definition) is 2. The van der Waals surface area contributed by atoms with E-state index in [9.17, 15) is 19.6 Å². The molecule has 2 N–H and O–H groups in total. The van der Waals surface area contributed by atoms with Crippen LogP contribution in [0.5, 0.6) is 5.75 Å². The fourth-order valence-electron chi connectivity index (χ4n) is 2.40. The summed E-state index contributed by atoms with van der Waals surface area (Å²) < 4.78 is 13.7. The Morgan fingerprint density at radius 3 is 2.56 bits per heavy atom. The van der Waals surface area contributed by atoms with Crippen molar-refractivity contribution in [3.05, 3.63) is 87.2 Å². The van der Waals surface area contributed by atoms with E-state index in [4.69, 9.17) is 11.6 Å². The zero-order chi connectivity index (χ0) is 19.4. The molecule has 8 heteroatoms. The van der Waals surface area contributed by atoms with Crippen LogP contribution in [0.2, 0.25) is 5.02 Å². The van der Waals surface area contributed by atoms with E-state index in [1.54, 1.807) is 11.8 Å². The van der Waals surface area contributed by atoms with E-state index in [2.05, 4.69) is 5.32 Å². The minimum Gasteiger partial charge on any atom is -0.500 e. The van der Waals surface area contributed by atoms with Crippen molar-refractivity contribution in [2.24, 2.45) is 0 Å². The maximum atomic E-state index is 13.7. The largest absolute Gasteiger partial charge is 0.500 e. The zero-order valence-electron chi connectivity index (χ0n) is 13.9. The third kappa shape index (κ3) is 4.69. The molecule has 3 aromatic rings. The van der Waals surface area contributed by atoms with E-state index in [1.165, 1.54) is 0 Å². The van der Waals surface area contributed by atoms with Crippen LogP contribution in [0.4, 0.5) is 15.8 Å². The summed E-state index contributed by atoms with van der Waals surface area (Å²) in [6.45, 7) is 0.331. The second-order valence-corrected chi connectivity index (χ2v) is 7.15. The quantitative estimate of drug-likeness (QED) is 0.306. The SMILES string of the molecule is O=[N+]([O-])c1cc(NCc2ccccc2Sc2ccc(Cl)cc2)cc(F)c1O. The third-order valence-electron chi connectivity index (χ3n) is 3.74. The molecular weight excluding hydrogens is 391 g/mol. The number of nitro benzene ring substituents is 1. The van der Waals surface area contributed by atoms with Gasteiger partial charge in [0.1, 0.15) is 0 Å². The van der Waals surface area contributed by atoms with Crippen LogP contribution in [0.25, 0.3) is 0 Å². The predicted molar refractivity (Wildman–Crippen MR) is 104 cm³/mol. The molecule has 0 bridgehead atoms. The third-order valence-corrected chi connectivity index (χ3v) is 5.12. The molecule has 0 saturated carbocycles. The Morgan fingerprint density at radius 2 is 1.85 bits per heavy atom. The molecule has 0 amide bonds. The lowest BCUT2D eigenvalue weighted by atomic mass is 10.2. The van der Waals surface area contributed by atoms with E-state index in [1.807, 2.05) is 48.5 Å². The number of aromatic hydroxyl groups is 1. The van der Waals surface area contributed by atoms with Crippen molar-refractivity contribution in [3.63, 3.8) is 0 Å². The van der Waals surface area contributed by atoms with Gasteiger partial charge in [0, 0.05) is 39.2 Å². The molecule has 0 fully saturated rings. The summed E-state index contributed by atoms with van der Waals surface area (Å²) >= 11 is 7.46. The zero-order valence-corrected chi connectivity index (χ0v) is 15.4. The van der Waals surface area contributed by atoms with Crippen molar-refractivity contribution in [1.82, 2.24) is 0 Å². The Bertz CT molecular complexity index is 983. The Kier molecular flexibility index (Phi) is 5.83. The Labute approximate surface area is 163 Å². The molecule has 0 spiro atoms. The van der Waals surface area contributed by atoms with Crippen LogP contribution in [0, 0.1) is 15.9 Å². The van der Waals surface area contributed by atoms with Gasteiger partial charge in [0.25, 0.3) is 0 Å². The lowest BCUT2D eigenvalue weighted by Crippen LogP contribution is -2.02. The van der Waals surface area contributed by atoms with E-state index >= 15 is 0 Å². The molecule has 0 saturated heterocycles. The second-order valence-electron chi connectivity index (χ2n) is 5.60. The first-order chi connectivity index (χ1) is 12.9. The van der Waals surface area contributed by atoms with Gasteiger partial charge >= 0.3 is 5.69 Å². The summed E-state index contributed by atoms with van der Waals surface area (Å²) in [7, 11) is 0. The van der Waals surface area contributed by atoms with Crippen LogP contribution in [0.3, 0.4) is 0 Å². The fourth-order valence-corrected chi connectivity index (χ4v) is 3.47. The maximum Gasteiger partial charge on any atom is 0.315 e. The molecule has 3 rings (SSSR count). The molecule has 0 aliphatic carbocycles. The van der Waals surface area contributed by atoms with Gasteiger partial charge in [-0.15, -0.1) is 0 Å². The van der Waals surface area contributed by atoms with Gasteiger partial charge < -0.3 is 10.4 Å². The van der Waals surface area contributed by atoms with Gasteiger partial charge in [0.2, 0.25) is 5.75 Å². The molecular formula is C19H14ClFN2O3S. The second kappa shape index (κ2) is 8.28. The van der Waals surface area contributed by atoms with Crippen LogP contribution < -0.4 is 5.32 Å². The van der Waals surface area contributed by atoms with E-state index in [0.29, 0.717) is 11.6 Å². The fraction of sp³-hybridized carbons (Fsp3) is 0.0526. The normalized spacial score (nSPS) is 10.6. The smallest absolute Gasteiger partial charge is 0.315 e. The lowest BCUT2D eigenvalue weighted by Gasteiger charge is -2.12. The summed E-state index contributed by atoms with van der Waals surface area (Å²) in [6.07, 6.45) is 0. The average molecular weight is 405 g/mol. The molecule has 0 unspecified atom stereocenters. The summed E-state index contributed by atoms with van der Waals surface area (Å²) in [6, 6.07) is 17.2. The maximum absolute atomic E-state index is 13.7. The van der Waals surface area contributed by atoms with Crippen molar-refractivity contribution in [3.8, 4) is 5.75 Å². The molecule has 5 nitrogen and oxygen atoms in total. The highest BCUT2D eigenvalue weighted by atomic mass is 35.5. The van der Waals surface area contributed by atoms with Crippen molar-refractivity contribution < 1.29 is 14.4 Å².